The Bertz CT molecular complexity index is 1270. The van der Waals surface area contributed by atoms with E-state index in [1.165, 1.54) is 6.20 Å². The number of anilines is 1. The largest absolute Gasteiger partial charge is 0.410 e. The summed E-state index contributed by atoms with van der Waals surface area (Å²) in [5, 5.41) is 7.22. The van der Waals surface area contributed by atoms with Crippen LogP contribution in [0.3, 0.4) is 0 Å². The smallest absolute Gasteiger partial charge is 0.363 e. The van der Waals surface area contributed by atoms with Gasteiger partial charge in [0.15, 0.2) is 6.04 Å². The number of nitrogens with one attached hydrogen (secondary N) is 1. The zero-order chi connectivity index (χ0) is 25.1. The minimum Gasteiger partial charge on any atom is -0.363 e. The van der Waals surface area contributed by atoms with Crippen LogP contribution in [0.5, 0.6) is 0 Å². The minimum atomic E-state index is -4.51. The van der Waals surface area contributed by atoms with Crippen LogP contribution in [0.4, 0.5) is 19.0 Å². The van der Waals surface area contributed by atoms with Crippen molar-refractivity contribution in [3.8, 4) is 0 Å². The molecule has 1 amide bonds. The van der Waals surface area contributed by atoms with Crippen LogP contribution in [0.15, 0.2) is 97.2 Å². The average Bonchev–Trinajstić information content (AvgIpc) is 3.32. The Labute approximate surface area is 207 Å². The van der Waals surface area contributed by atoms with Crippen LogP contribution in [-0.4, -0.2) is 26.8 Å². The molecule has 0 saturated carbocycles. The molecule has 0 bridgehead atoms. The molecule has 0 fully saturated rings. The molecule has 1 N–H and O–H groups in total. The van der Waals surface area contributed by atoms with Gasteiger partial charge in [0.05, 0.1) is 12.2 Å². The number of amides is 1. The summed E-state index contributed by atoms with van der Waals surface area (Å²) in [7, 11) is 0. The molecule has 0 aliphatic carbocycles. The Morgan fingerprint density at radius 1 is 0.889 bits per heavy atom. The number of aromatic nitrogens is 2. The number of hydrogen-bond donors (Lipinski definition) is 1. The highest BCUT2D eigenvalue weighted by atomic mass is 19.4. The van der Waals surface area contributed by atoms with Gasteiger partial charge in [-0.05, 0) is 16.7 Å². The van der Waals surface area contributed by atoms with Crippen LogP contribution in [0.25, 0.3) is 0 Å². The van der Waals surface area contributed by atoms with E-state index in [1.54, 1.807) is 29.2 Å². The lowest BCUT2D eigenvalue weighted by molar-refractivity contribution is -0.173. The standard InChI is InChI=1S/C28H25F3N4O/c29-28(30,31)25-16-24(22-14-8-3-9-15-22)33-26-23(17-32-35(25)26)27(36)34(18-20-10-4-1-5-11-20)19-21-12-6-2-7-13-21/h1-15,17,24-25,33H,16,18-19H2. The number of carbonyl (C=O) groups is 1. The third kappa shape index (κ3) is 4.98. The van der Waals surface area contributed by atoms with Crippen LogP contribution < -0.4 is 5.32 Å². The van der Waals surface area contributed by atoms with Crippen molar-refractivity contribution in [1.29, 1.82) is 0 Å². The summed E-state index contributed by atoms with van der Waals surface area (Å²) >= 11 is 0. The molecular formula is C28H25F3N4O. The van der Waals surface area contributed by atoms with Gasteiger partial charge in [-0.25, -0.2) is 4.68 Å². The van der Waals surface area contributed by atoms with Crippen molar-refractivity contribution < 1.29 is 18.0 Å². The Kier molecular flexibility index (Phi) is 6.50. The van der Waals surface area contributed by atoms with Crippen LogP contribution >= 0.6 is 0 Å². The molecule has 2 unspecified atom stereocenters. The molecular weight excluding hydrogens is 465 g/mol. The van der Waals surface area contributed by atoms with E-state index in [1.807, 2.05) is 66.7 Å². The number of hydrogen-bond acceptors (Lipinski definition) is 3. The van der Waals surface area contributed by atoms with Gasteiger partial charge in [0.1, 0.15) is 11.4 Å². The van der Waals surface area contributed by atoms with E-state index < -0.39 is 18.3 Å². The van der Waals surface area contributed by atoms with Crippen molar-refractivity contribution in [2.75, 3.05) is 5.32 Å². The maximum Gasteiger partial charge on any atom is 0.410 e. The SMILES string of the molecule is O=C(c1cnn2c1NC(c1ccccc1)CC2C(F)(F)F)N(Cc1ccccc1)Cc1ccccc1. The molecule has 36 heavy (non-hydrogen) atoms. The predicted molar refractivity (Wildman–Crippen MR) is 131 cm³/mol. The van der Waals surface area contributed by atoms with E-state index in [-0.39, 0.29) is 23.7 Å². The number of alkyl halides is 3. The second-order valence-electron chi connectivity index (χ2n) is 8.88. The Morgan fingerprint density at radius 3 is 1.94 bits per heavy atom. The number of carbonyl (C=O) groups excluding carboxylic acids is 1. The summed E-state index contributed by atoms with van der Waals surface area (Å²) in [6.45, 7) is 0.619. The van der Waals surface area contributed by atoms with Crippen LogP contribution in [-0.2, 0) is 13.1 Å². The van der Waals surface area contributed by atoms with Gasteiger partial charge in [-0.3, -0.25) is 4.79 Å². The summed E-state index contributed by atoms with van der Waals surface area (Å²) in [6, 6.07) is 25.6. The number of benzene rings is 3. The number of fused-ring (bicyclic) bond motifs is 1. The van der Waals surface area contributed by atoms with Crippen molar-refractivity contribution in [2.24, 2.45) is 0 Å². The van der Waals surface area contributed by atoms with Gasteiger partial charge < -0.3 is 10.2 Å². The maximum atomic E-state index is 14.1. The van der Waals surface area contributed by atoms with Crippen LogP contribution in [0, 0.1) is 0 Å². The predicted octanol–water partition coefficient (Wildman–Crippen LogP) is 6.39. The van der Waals surface area contributed by atoms with Crippen molar-refractivity contribution in [3.05, 3.63) is 119 Å². The molecule has 1 aliphatic heterocycles. The molecule has 184 valence electrons. The van der Waals surface area contributed by atoms with E-state index >= 15 is 0 Å². The lowest BCUT2D eigenvalue weighted by atomic mass is 9.96. The van der Waals surface area contributed by atoms with Crippen molar-refractivity contribution >= 4 is 11.7 Å². The van der Waals surface area contributed by atoms with E-state index in [9.17, 15) is 18.0 Å². The fourth-order valence-electron chi connectivity index (χ4n) is 4.60. The third-order valence-corrected chi connectivity index (χ3v) is 6.39. The lowest BCUT2D eigenvalue weighted by Crippen LogP contribution is -2.37. The highest BCUT2D eigenvalue weighted by Gasteiger charge is 2.47. The first kappa shape index (κ1) is 23.7. The fraction of sp³-hybridized carbons (Fsp3) is 0.214. The molecule has 8 heteroatoms. The Hall–Kier alpha value is -4.07. The fourth-order valence-corrected chi connectivity index (χ4v) is 4.60. The topological polar surface area (TPSA) is 50.2 Å². The Morgan fingerprint density at radius 2 is 1.42 bits per heavy atom. The molecule has 3 aromatic carbocycles. The van der Waals surface area contributed by atoms with Crippen molar-refractivity contribution in [2.45, 2.75) is 37.8 Å². The van der Waals surface area contributed by atoms with Gasteiger partial charge >= 0.3 is 6.18 Å². The molecule has 2 heterocycles. The van der Waals surface area contributed by atoms with Crippen LogP contribution in [0.1, 0.15) is 45.6 Å². The van der Waals surface area contributed by atoms with Crippen molar-refractivity contribution in [3.63, 3.8) is 0 Å². The number of nitrogens with zero attached hydrogens (tertiary/aromatic N) is 3. The third-order valence-electron chi connectivity index (χ3n) is 6.39. The minimum absolute atomic E-state index is 0.0913. The molecule has 5 rings (SSSR count). The molecule has 0 saturated heterocycles. The molecule has 5 nitrogen and oxygen atoms in total. The molecule has 2 atom stereocenters. The van der Waals surface area contributed by atoms with E-state index in [4.69, 9.17) is 0 Å². The highest BCUT2D eigenvalue weighted by Crippen LogP contribution is 2.44. The van der Waals surface area contributed by atoms with Gasteiger partial charge in [-0.1, -0.05) is 91.0 Å². The summed E-state index contributed by atoms with van der Waals surface area (Å²) < 4.78 is 43.1. The number of rotatable bonds is 6. The summed E-state index contributed by atoms with van der Waals surface area (Å²) in [6.07, 6.45) is -3.47. The van der Waals surface area contributed by atoms with Gasteiger partial charge in [0.25, 0.3) is 5.91 Å². The first-order chi connectivity index (χ1) is 17.4. The monoisotopic (exact) mass is 490 g/mol. The molecule has 0 radical (unpaired) electrons. The van der Waals surface area contributed by atoms with Gasteiger partial charge in [-0.15, -0.1) is 0 Å². The molecule has 1 aliphatic rings. The van der Waals surface area contributed by atoms with E-state index in [0.717, 1.165) is 21.4 Å². The van der Waals surface area contributed by atoms with Gasteiger partial charge in [0, 0.05) is 19.5 Å². The average molecular weight is 491 g/mol. The second-order valence-corrected chi connectivity index (χ2v) is 8.88. The zero-order valence-corrected chi connectivity index (χ0v) is 19.4. The normalized spacial score (nSPS) is 17.2. The highest BCUT2D eigenvalue weighted by molar-refractivity contribution is 5.99. The molecule has 0 spiro atoms. The quantitative estimate of drug-likeness (QED) is 0.341. The second kappa shape index (κ2) is 9.89. The van der Waals surface area contributed by atoms with E-state index in [0.29, 0.717) is 13.1 Å². The van der Waals surface area contributed by atoms with Crippen LogP contribution in [0.2, 0.25) is 0 Å². The van der Waals surface area contributed by atoms with E-state index in [2.05, 4.69) is 10.4 Å². The summed E-state index contributed by atoms with van der Waals surface area (Å²) in [5.41, 5.74) is 2.69. The summed E-state index contributed by atoms with van der Waals surface area (Å²) in [4.78, 5) is 15.5. The lowest BCUT2D eigenvalue weighted by Gasteiger charge is -2.34. The maximum absolute atomic E-state index is 14.1. The zero-order valence-electron chi connectivity index (χ0n) is 19.4. The number of halogens is 3. The first-order valence-electron chi connectivity index (χ1n) is 11.7. The Balaban J connectivity index is 1.52. The summed E-state index contributed by atoms with van der Waals surface area (Å²) in [5.74, 6) is -0.292. The first-order valence-corrected chi connectivity index (χ1v) is 11.7. The molecule has 1 aromatic heterocycles. The van der Waals surface area contributed by atoms with Gasteiger partial charge in [-0.2, -0.15) is 18.3 Å². The van der Waals surface area contributed by atoms with Crippen molar-refractivity contribution in [1.82, 2.24) is 14.7 Å². The molecule has 4 aromatic rings. The van der Waals surface area contributed by atoms with Gasteiger partial charge in [0.2, 0.25) is 0 Å².